The zero-order valence-electron chi connectivity index (χ0n) is 13.5. The maximum Gasteiger partial charge on any atom is 0.240 e. The lowest BCUT2D eigenvalue weighted by atomic mass is 10.3. The number of rotatable bonds is 5. The van der Waals surface area contributed by atoms with E-state index in [0.717, 1.165) is 11.4 Å². The SMILES string of the molecule is CC(Sc1nncn1-c1ccccc1)C(=O)N(C)c1ccccc1. The Labute approximate surface area is 145 Å². The molecule has 6 heteroatoms. The molecule has 0 radical (unpaired) electrons. The van der Waals surface area contributed by atoms with E-state index in [9.17, 15) is 4.79 Å². The number of thioether (sulfide) groups is 1. The van der Waals surface area contributed by atoms with E-state index in [1.54, 1.807) is 18.3 Å². The Hall–Kier alpha value is -2.60. The number of hydrogen-bond acceptors (Lipinski definition) is 4. The molecular weight excluding hydrogens is 320 g/mol. The number of carbonyl (C=O) groups is 1. The highest BCUT2D eigenvalue weighted by Gasteiger charge is 2.22. The van der Waals surface area contributed by atoms with Crippen LogP contribution in [0, 0.1) is 0 Å². The second-order valence-corrected chi connectivity index (χ2v) is 6.62. The molecule has 0 spiro atoms. The topological polar surface area (TPSA) is 51.0 Å². The first-order valence-corrected chi connectivity index (χ1v) is 8.49. The summed E-state index contributed by atoms with van der Waals surface area (Å²) in [5.74, 6) is 0.0220. The molecule has 1 aromatic heterocycles. The number of aromatic nitrogens is 3. The molecule has 24 heavy (non-hydrogen) atoms. The molecule has 0 saturated carbocycles. The molecule has 0 aliphatic heterocycles. The summed E-state index contributed by atoms with van der Waals surface area (Å²) in [6.45, 7) is 1.89. The first kappa shape index (κ1) is 16.3. The molecular formula is C18H18N4OS. The average Bonchev–Trinajstić information content (AvgIpc) is 3.10. The Kier molecular flexibility index (Phi) is 4.96. The summed E-state index contributed by atoms with van der Waals surface area (Å²) >= 11 is 1.40. The van der Waals surface area contributed by atoms with E-state index < -0.39 is 0 Å². The lowest BCUT2D eigenvalue weighted by Gasteiger charge is -2.21. The molecule has 1 amide bonds. The Morgan fingerprint density at radius 2 is 1.71 bits per heavy atom. The number of carbonyl (C=O) groups excluding carboxylic acids is 1. The third-order valence-corrected chi connectivity index (χ3v) is 4.70. The fraction of sp³-hybridized carbons (Fsp3) is 0.167. The third-order valence-electron chi connectivity index (χ3n) is 3.65. The maximum atomic E-state index is 12.7. The van der Waals surface area contributed by atoms with Gasteiger partial charge in [0.05, 0.1) is 5.25 Å². The average molecular weight is 338 g/mol. The van der Waals surface area contributed by atoms with Crippen molar-refractivity contribution in [2.45, 2.75) is 17.3 Å². The van der Waals surface area contributed by atoms with E-state index in [0.29, 0.717) is 5.16 Å². The fourth-order valence-corrected chi connectivity index (χ4v) is 3.27. The van der Waals surface area contributed by atoms with Gasteiger partial charge in [0.1, 0.15) is 6.33 Å². The summed E-state index contributed by atoms with van der Waals surface area (Å²) < 4.78 is 1.89. The monoisotopic (exact) mass is 338 g/mol. The Morgan fingerprint density at radius 1 is 1.08 bits per heavy atom. The largest absolute Gasteiger partial charge is 0.315 e. The number of nitrogens with zero attached hydrogens (tertiary/aromatic N) is 4. The highest BCUT2D eigenvalue weighted by atomic mass is 32.2. The van der Waals surface area contributed by atoms with Crippen LogP contribution in [0.25, 0.3) is 5.69 Å². The van der Waals surface area contributed by atoms with Crippen molar-refractivity contribution in [1.29, 1.82) is 0 Å². The van der Waals surface area contributed by atoms with Crippen molar-refractivity contribution in [1.82, 2.24) is 14.8 Å². The standard InChI is InChI=1S/C18H18N4OS/c1-14(17(23)21(2)15-9-5-3-6-10-15)24-18-20-19-13-22(18)16-11-7-4-8-12-16/h3-14H,1-2H3. The smallest absolute Gasteiger partial charge is 0.240 e. The van der Waals surface area contributed by atoms with Gasteiger partial charge in [0.2, 0.25) is 5.91 Å². The van der Waals surface area contributed by atoms with Gasteiger partial charge in [-0.05, 0) is 31.2 Å². The van der Waals surface area contributed by atoms with Crippen molar-refractivity contribution in [2.75, 3.05) is 11.9 Å². The summed E-state index contributed by atoms with van der Waals surface area (Å²) in [7, 11) is 1.79. The molecule has 0 aliphatic rings. The molecule has 0 bridgehead atoms. The van der Waals surface area contributed by atoms with Crippen LogP contribution in [0.4, 0.5) is 5.69 Å². The summed E-state index contributed by atoms with van der Waals surface area (Å²) in [5.41, 5.74) is 1.85. The van der Waals surface area contributed by atoms with Gasteiger partial charge in [-0.1, -0.05) is 48.2 Å². The van der Waals surface area contributed by atoms with Crippen LogP contribution in [0.3, 0.4) is 0 Å². The molecule has 3 rings (SSSR count). The van der Waals surface area contributed by atoms with E-state index in [2.05, 4.69) is 10.2 Å². The van der Waals surface area contributed by atoms with Gasteiger partial charge in [-0.2, -0.15) is 0 Å². The normalized spacial score (nSPS) is 11.9. The molecule has 0 N–H and O–H groups in total. The van der Waals surface area contributed by atoms with Gasteiger partial charge >= 0.3 is 0 Å². The van der Waals surface area contributed by atoms with Crippen LogP contribution in [0.5, 0.6) is 0 Å². The predicted molar refractivity (Wildman–Crippen MR) is 96.5 cm³/mol. The first-order valence-electron chi connectivity index (χ1n) is 7.61. The molecule has 1 unspecified atom stereocenters. The summed E-state index contributed by atoms with van der Waals surface area (Å²) in [4.78, 5) is 14.3. The molecule has 122 valence electrons. The zero-order chi connectivity index (χ0) is 16.9. The summed E-state index contributed by atoms with van der Waals surface area (Å²) in [6, 6.07) is 19.5. The van der Waals surface area contributed by atoms with Crippen molar-refractivity contribution >= 4 is 23.4 Å². The number of benzene rings is 2. The van der Waals surface area contributed by atoms with Crippen molar-refractivity contribution < 1.29 is 4.79 Å². The van der Waals surface area contributed by atoms with Crippen LogP contribution in [-0.2, 0) is 4.79 Å². The third kappa shape index (κ3) is 3.49. The first-order chi connectivity index (χ1) is 11.7. The lowest BCUT2D eigenvalue weighted by Crippen LogP contribution is -2.33. The van der Waals surface area contributed by atoms with E-state index in [1.807, 2.05) is 72.2 Å². The Balaban J connectivity index is 1.75. The molecule has 1 heterocycles. The van der Waals surface area contributed by atoms with Gasteiger partial charge in [-0.3, -0.25) is 9.36 Å². The highest BCUT2D eigenvalue weighted by molar-refractivity contribution is 8.00. The van der Waals surface area contributed by atoms with E-state index >= 15 is 0 Å². The van der Waals surface area contributed by atoms with Crippen LogP contribution in [0.1, 0.15) is 6.92 Å². The quantitative estimate of drug-likeness (QED) is 0.669. The summed E-state index contributed by atoms with van der Waals surface area (Å²) in [6.07, 6.45) is 1.66. The van der Waals surface area contributed by atoms with E-state index in [1.165, 1.54) is 11.8 Å². The van der Waals surface area contributed by atoms with E-state index in [4.69, 9.17) is 0 Å². The molecule has 0 saturated heterocycles. The Morgan fingerprint density at radius 3 is 2.38 bits per heavy atom. The minimum atomic E-state index is -0.276. The van der Waals surface area contributed by atoms with Crippen LogP contribution < -0.4 is 4.90 Å². The van der Waals surface area contributed by atoms with Gasteiger partial charge in [0.25, 0.3) is 0 Å². The van der Waals surface area contributed by atoms with Gasteiger partial charge < -0.3 is 4.90 Å². The van der Waals surface area contributed by atoms with Crippen LogP contribution >= 0.6 is 11.8 Å². The number of hydrogen-bond donors (Lipinski definition) is 0. The van der Waals surface area contributed by atoms with Crippen molar-refractivity contribution in [3.63, 3.8) is 0 Å². The summed E-state index contributed by atoms with van der Waals surface area (Å²) in [5, 5.41) is 8.56. The molecule has 0 aliphatic carbocycles. The van der Waals surface area contributed by atoms with Crippen LogP contribution in [-0.4, -0.2) is 33.0 Å². The molecule has 5 nitrogen and oxygen atoms in total. The number of amides is 1. The molecule has 2 aromatic carbocycles. The zero-order valence-corrected chi connectivity index (χ0v) is 14.4. The minimum absolute atomic E-state index is 0.0220. The predicted octanol–water partition coefficient (Wildman–Crippen LogP) is 3.41. The fourth-order valence-electron chi connectivity index (χ4n) is 2.33. The van der Waals surface area contributed by atoms with Crippen molar-refractivity contribution in [3.05, 3.63) is 67.0 Å². The van der Waals surface area contributed by atoms with Crippen LogP contribution in [0.15, 0.2) is 72.1 Å². The highest BCUT2D eigenvalue weighted by Crippen LogP contribution is 2.26. The van der Waals surface area contributed by atoms with Gasteiger partial charge in [-0.15, -0.1) is 10.2 Å². The molecule has 1 atom stereocenters. The Bertz CT molecular complexity index is 804. The maximum absolute atomic E-state index is 12.7. The van der Waals surface area contributed by atoms with Crippen molar-refractivity contribution in [3.8, 4) is 5.69 Å². The lowest BCUT2D eigenvalue weighted by molar-refractivity contribution is -0.117. The van der Waals surface area contributed by atoms with Crippen LogP contribution in [0.2, 0.25) is 0 Å². The molecule has 0 fully saturated rings. The second kappa shape index (κ2) is 7.31. The van der Waals surface area contributed by atoms with Gasteiger partial charge in [-0.25, -0.2) is 0 Å². The molecule has 3 aromatic rings. The van der Waals surface area contributed by atoms with E-state index in [-0.39, 0.29) is 11.2 Å². The minimum Gasteiger partial charge on any atom is -0.315 e. The number of anilines is 1. The number of para-hydroxylation sites is 2. The van der Waals surface area contributed by atoms with Gasteiger partial charge in [0, 0.05) is 18.4 Å². The van der Waals surface area contributed by atoms with Crippen molar-refractivity contribution in [2.24, 2.45) is 0 Å². The van der Waals surface area contributed by atoms with Gasteiger partial charge in [0.15, 0.2) is 5.16 Å². The second-order valence-electron chi connectivity index (χ2n) is 5.31.